The minimum atomic E-state index is -1.01. The number of nitrogens with zero attached hydrogens (tertiary/aromatic N) is 2. The Bertz CT molecular complexity index is 711. The van der Waals surface area contributed by atoms with Crippen LogP contribution in [-0.4, -0.2) is 41.7 Å². The second-order valence-electron chi connectivity index (χ2n) is 6.51. The normalized spacial score (nSPS) is 20.1. The molecule has 2 atom stereocenters. The van der Waals surface area contributed by atoms with Gasteiger partial charge in [-0.15, -0.1) is 0 Å². The number of hydrogen-bond donors (Lipinski definition) is 1. The molecule has 2 unspecified atom stereocenters. The quantitative estimate of drug-likeness (QED) is 0.930. The van der Waals surface area contributed by atoms with Gasteiger partial charge in [0.1, 0.15) is 5.76 Å². The van der Waals surface area contributed by atoms with Gasteiger partial charge >= 0.3 is 5.97 Å². The molecule has 3 rings (SSSR count). The third-order valence-corrected chi connectivity index (χ3v) is 4.84. The fourth-order valence-corrected chi connectivity index (χ4v) is 3.45. The topological polar surface area (TPSA) is 56.9 Å². The Morgan fingerprint density at radius 1 is 1.29 bits per heavy atom. The summed E-state index contributed by atoms with van der Waals surface area (Å²) in [5.41, 5.74) is 1.93. The molecule has 2 heterocycles. The molecule has 128 valence electrons. The Morgan fingerprint density at radius 2 is 2.00 bits per heavy atom. The Kier molecular flexibility index (Phi) is 4.62. The Hall–Kier alpha value is -2.27. The van der Waals surface area contributed by atoms with Crippen LogP contribution < -0.4 is 4.90 Å². The van der Waals surface area contributed by atoms with E-state index >= 15 is 0 Å². The van der Waals surface area contributed by atoms with Crippen molar-refractivity contribution < 1.29 is 14.3 Å². The fourth-order valence-electron chi connectivity index (χ4n) is 3.45. The van der Waals surface area contributed by atoms with Crippen molar-refractivity contribution in [2.24, 2.45) is 0 Å². The van der Waals surface area contributed by atoms with Gasteiger partial charge < -0.3 is 14.4 Å². The summed E-state index contributed by atoms with van der Waals surface area (Å²) in [5.74, 6) is -0.230. The summed E-state index contributed by atoms with van der Waals surface area (Å²) in [7, 11) is 0. The zero-order chi connectivity index (χ0) is 17.3. The smallest absolute Gasteiger partial charge is 0.372 e. The summed E-state index contributed by atoms with van der Waals surface area (Å²) in [6, 6.07) is 12.8. The van der Waals surface area contributed by atoms with Gasteiger partial charge in [0, 0.05) is 36.9 Å². The first-order valence-electron chi connectivity index (χ1n) is 8.36. The van der Waals surface area contributed by atoms with E-state index < -0.39 is 5.97 Å². The molecule has 0 amide bonds. The van der Waals surface area contributed by atoms with E-state index in [0.717, 1.165) is 25.4 Å². The van der Waals surface area contributed by atoms with Gasteiger partial charge in [-0.25, -0.2) is 4.79 Å². The highest BCUT2D eigenvalue weighted by atomic mass is 16.4. The summed E-state index contributed by atoms with van der Waals surface area (Å²) in [6.07, 6.45) is 0. The van der Waals surface area contributed by atoms with E-state index in [-0.39, 0.29) is 11.8 Å². The minimum absolute atomic E-state index is 0.0489. The summed E-state index contributed by atoms with van der Waals surface area (Å²) in [6.45, 7) is 8.86. The molecular weight excluding hydrogens is 304 g/mol. The molecule has 1 saturated heterocycles. The van der Waals surface area contributed by atoms with Crippen LogP contribution >= 0.6 is 0 Å². The lowest BCUT2D eigenvalue weighted by Crippen LogP contribution is -2.52. The standard InChI is InChI=1S/C19H24N2O3/c1-13-11-17(24-18(13)19(22)23)15(3)20-9-10-21(14(2)12-20)16-7-5-4-6-8-16/h4-8,11,14-15H,9-10,12H2,1-3H3,(H,22,23). The number of carbonyl (C=O) groups is 1. The zero-order valence-electron chi connectivity index (χ0n) is 14.4. The van der Waals surface area contributed by atoms with Gasteiger partial charge in [-0.05, 0) is 39.0 Å². The van der Waals surface area contributed by atoms with Gasteiger partial charge in [-0.1, -0.05) is 18.2 Å². The van der Waals surface area contributed by atoms with Crippen molar-refractivity contribution in [1.82, 2.24) is 4.90 Å². The summed E-state index contributed by atoms with van der Waals surface area (Å²) in [5, 5.41) is 9.16. The number of rotatable bonds is 4. The number of benzene rings is 1. The van der Waals surface area contributed by atoms with Crippen molar-refractivity contribution in [3.63, 3.8) is 0 Å². The number of carboxylic acids is 1. The Balaban J connectivity index is 1.71. The van der Waals surface area contributed by atoms with Crippen LogP contribution in [0.15, 0.2) is 40.8 Å². The highest BCUT2D eigenvalue weighted by molar-refractivity contribution is 5.86. The molecule has 0 bridgehead atoms. The maximum atomic E-state index is 11.2. The molecule has 1 aromatic heterocycles. The van der Waals surface area contributed by atoms with E-state index in [4.69, 9.17) is 9.52 Å². The lowest BCUT2D eigenvalue weighted by molar-refractivity contribution is 0.0653. The van der Waals surface area contributed by atoms with Crippen molar-refractivity contribution >= 4 is 11.7 Å². The molecule has 24 heavy (non-hydrogen) atoms. The number of anilines is 1. The van der Waals surface area contributed by atoms with E-state index in [9.17, 15) is 4.79 Å². The van der Waals surface area contributed by atoms with Gasteiger partial charge in [0.15, 0.2) is 0 Å². The molecule has 5 heteroatoms. The minimum Gasteiger partial charge on any atom is -0.475 e. The Morgan fingerprint density at radius 3 is 2.58 bits per heavy atom. The molecular formula is C19H24N2O3. The third-order valence-electron chi connectivity index (χ3n) is 4.84. The molecule has 1 aliphatic heterocycles. The van der Waals surface area contributed by atoms with Crippen molar-refractivity contribution in [1.29, 1.82) is 0 Å². The van der Waals surface area contributed by atoms with Gasteiger partial charge in [0.05, 0.1) is 6.04 Å². The highest BCUT2D eigenvalue weighted by Gasteiger charge is 2.29. The van der Waals surface area contributed by atoms with Crippen LogP contribution in [0.1, 0.15) is 41.8 Å². The largest absolute Gasteiger partial charge is 0.475 e. The van der Waals surface area contributed by atoms with Crippen molar-refractivity contribution in [2.75, 3.05) is 24.5 Å². The number of piperazine rings is 1. The average Bonchev–Trinajstić information content (AvgIpc) is 2.97. The first kappa shape index (κ1) is 16.6. The SMILES string of the molecule is Cc1cc(C(C)N2CCN(c3ccccc3)C(C)C2)oc1C(=O)O. The molecule has 0 aliphatic carbocycles. The second-order valence-corrected chi connectivity index (χ2v) is 6.51. The third kappa shape index (κ3) is 3.17. The molecule has 1 fully saturated rings. The molecule has 0 spiro atoms. The predicted octanol–water partition coefficient (Wildman–Crippen LogP) is 3.56. The van der Waals surface area contributed by atoms with Crippen molar-refractivity contribution in [2.45, 2.75) is 32.9 Å². The fraction of sp³-hybridized carbons (Fsp3) is 0.421. The van der Waals surface area contributed by atoms with Gasteiger partial charge in [-0.3, -0.25) is 4.90 Å². The highest BCUT2D eigenvalue weighted by Crippen LogP contribution is 2.29. The van der Waals surface area contributed by atoms with Crippen molar-refractivity contribution in [3.8, 4) is 0 Å². The van der Waals surface area contributed by atoms with E-state index in [0.29, 0.717) is 11.6 Å². The number of hydrogen-bond acceptors (Lipinski definition) is 4. The molecule has 5 nitrogen and oxygen atoms in total. The van der Waals surface area contributed by atoms with Crippen LogP contribution in [0, 0.1) is 6.92 Å². The van der Waals surface area contributed by atoms with Gasteiger partial charge in [-0.2, -0.15) is 0 Å². The van der Waals surface area contributed by atoms with E-state index in [1.807, 2.05) is 12.1 Å². The van der Waals surface area contributed by atoms with E-state index in [2.05, 4.69) is 47.9 Å². The van der Waals surface area contributed by atoms with Crippen LogP contribution in [0.2, 0.25) is 0 Å². The zero-order valence-corrected chi connectivity index (χ0v) is 14.4. The lowest BCUT2D eigenvalue weighted by Gasteiger charge is -2.43. The number of para-hydroxylation sites is 1. The van der Waals surface area contributed by atoms with E-state index in [1.54, 1.807) is 6.92 Å². The Labute approximate surface area is 142 Å². The second kappa shape index (κ2) is 6.69. The van der Waals surface area contributed by atoms with Gasteiger partial charge in [0.25, 0.3) is 0 Å². The number of aryl methyl sites for hydroxylation is 1. The molecule has 0 saturated carbocycles. The molecule has 1 aliphatic rings. The molecule has 1 aromatic carbocycles. The van der Waals surface area contributed by atoms with Crippen molar-refractivity contribution in [3.05, 3.63) is 53.5 Å². The summed E-state index contributed by atoms with van der Waals surface area (Å²) in [4.78, 5) is 15.9. The summed E-state index contributed by atoms with van der Waals surface area (Å²) < 4.78 is 5.58. The first-order valence-corrected chi connectivity index (χ1v) is 8.36. The summed E-state index contributed by atoms with van der Waals surface area (Å²) >= 11 is 0. The number of aromatic carboxylic acids is 1. The number of furan rings is 1. The van der Waals surface area contributed by atoms with E-state index in [1.165, 1.54) is 5.69 Å². The number of carboxylic acid groups (broad SMARTS) is 1. The maximum absolute atomic E-state index is 11.2. The van der Waals surface area contributed by atoms with Crippen LogP contribution in [0.25, 0.3) is 0 Å². The average molecular weight is 328 g/mol. The molecule has 0 radical (unpaired) electrons. The first-order chi connectivity index (χ1) is 11.5. The van der Waals surface area contributed by atoms with Gasteiger partial charge in [0.2, 0.25) is 5.76 Å². The molecule has 1 N–H and O–H groups in total. The predicted molar refractivity (Wildman–Crippen MR) is 93.6 cm³/mol. The monoisotopic (exact) mass is 328 g/mol. The maximum Gasteiger partial charge on any atom is 0.372 e. The van der Waals surface area contributed by atoms with Crippen LogP contribution in [-0.2, 0) is 0 Å². The van der Waals surface area contributed by atoms with Crippen LogP contribution in [0.4, 0.5) is 5.69 Å². The van der Waals surface area contributed by atoms with Crippen LogP contribution in [0.3, 0.4) is 0 Å². The van der Waals surface area contributed by atoms with Crippen LogP contribution in [0.5, 0.6) is 0 Å². The molecule has 2 aromatic rings. The lowest BCUT2D eigenvalue weighted by atomic mass is 10.1.